The predicted molar refractivity (Wildman–Crippen MR) is 83.7 cm³/mol. The molecule has 0 aliphatic heterocycles. The predicted octanol–water partition coefficient (Wildman–Crippen LogP) is 2.65. The van der Waals surface area contributed by atoms with Crippen molar-refractivity contribution in [1.29, 1.82) is 0 Å². The number of hydrogen-bond donors (Lipinski definition) is 1. The van der Waals surface area contributed by atoms with Gasteiger partial charge in [0.05, 0.1) is 5.25 Å². The highest BCUT2D eigenvalue weighted by molar-refractivity contribution is 7.86. The molecule has 4 heteroatoms. The molecule has 0 saturated carbocycles. The number of amides is 1. The molecule has 2 N–H and O–H groups in total. The summed E-state index contributed by atoms with van der Waals surface area (Å²) >= 11 is 0. The van der Waals surface area contributed by atoms with Crippen molar-refractivity contribution in [1.82, 2.24) is 0 Å². The van der Waals surface area contributed by atoms with Gasteiger partial charge < -0.3 is 5.73 Å². The lowest BCUT2D eigenvalue weighted by atomic mass is 10.0. The Kier molecular flexibility index (Phi) is 6.12. The number of carbonyl (C=O) groups excluding carboxylic acids is 1. The lowest BCUT2D eigenvalue weighted by Crippen LogP contribution is -2.23. The Morgan fingerprint density at radius 3 is 1.70 bits per heavy atom. The first-order valence-corrected chi connectivity index (χ1v) is 7.32. The summed E-state index contributed by atoms with van der Waals surface area (Å²) in [6.45, 7) is 0. The standard InChI is InChI=1S/C15H15NO2S.CH4/c16-14(17)11-19(18)15(12-7-3-1-4-8-12)13-9-5-2-6-10-13;/h1-10,15H,11H2,(H2,16,17);1H4/t19-;/m1./s1. The molecular weight excluding hydrogens is 270 g/mol. The third kappa shape index (κ3) is 4.03. The Morgan fingerprint density at radius 2 is 1.35 bits per heavy atom. The second-order valence-electron chi connectivity index (χ2n) is 4.19. The summed E-state index contributed by atoms with van der Waals surface area (Å²) in [7, 11) is -1.36. The van der Waals surface area contributed by atoms with E-state index in [1.54, 1.807) is 0 Å². The molecule has 0 saturated heterocycles. The number of nitrogens with two attached hydrogens (primary N) is 1. The Bertz CT molecular complexity index is 530. The first-order valence-electron chi connectivity index (χ1n) is 5.94. The van der Waals surface area contributed by atoms with Gasteiger partial charge in [-0.2, -0.15) is 0 Å². The highest BCUT2D eigenvalue weighted by atomic mass is 32.2. The summed E-state index contributed by atoms with van der Waals surface area (Å²) in [5, 5.41) is -0.324. The van der Waals surface area contributed by atoms with E-state index in [0.29, 0.717) is 0 Å². The van der Waals surface area contributed by atoms with Crippen LogP contribution in [0, 0.1) is 0 Å². The zero-order valence-electron chi connectivity index (χ0n) is 10.4. The summed E-state index contributed by atoms with van der Waals surface area (Å²) < 4.78 is 12.4. The minimum atomic E-state index is -1.36. The van der Waals surface area contributed by atoms with Crippen molar-refractivity contribution in [3.8, 4) is 0 Å². The molecule has 0 radical (unpaired) electrons. The SMILES string of the molecule is C.NC(=O)C[S@@](=O)C(c1ccccc1)c1ccccc1. The van der Waals surface area contributed by atoms with Crippen LogP contribution in [0.3, 0.4) is 0 Å². The average Bonchev–Trinajstić information content (AvgIpc) is 2.40. The highest BCUT2D eigenvalue weighted by Crippen LogP contribution is 2.27. The van der Waals surface area contributed by atoms with Gasteiger partial charge in [-0.15, -0.1) is 0 Å². The van der Waals surface area contributed by atoms with Crippen molar-refractivity contribution in [2.75, 3.05) is 5.75 Å². The second-order valence-corrected chi connectivity index (χ2v) is 5.71. The third-order valence-electron chi connectivity index (χ3n) is 2.75. The maximum absolute atomic E-state index is 12.4. The first-order chi connectivity index (χ1) is 9.18. The van der Waals surface area contributed by atoms with Crippen LogP contribution >= 0.6 is 0 Å². The molecule has 1 atom stereocenters. The lowest BCUT2D eigenvalue weighted by molar-refractivity contribution is -0.115. The van der Waals surface area contributed by atoms with E-state index in [9.17, 15) is 9.00 Å². The molecule has 2 rings (SSSR count). The smallest absolute Gasteiger partial charge is 0.230 e. The highest BCUT2D eigenvalue weighted by Gasteiger charge is 2.22. The molecule has 106 valence electrons. The summed E-state index contributed by atoms with van der Waals surface area (Å²) in [4.78, 5) is 11.0. The minimum Gasteiger partial charge on any atom is -0.369 e. The van der Waals surface area contributed by atoms with Crippen molar-refractivity contribution < 1.29 is 9.00 Å². The van der Waals surface area contributed by atoms with Crippen molar-refractivity contribution in [2.45, 2.75) is 12.7 Å². The fourth-order valence-electron chi connectivity index (χ4n) is 1.98. The van der Waals surface area contributed by atoms with Crippen LogP contribution in [0.5, 0.6) is 0 Å². The fourth-order valence-corrected chi connectivity index (χ4v) is 3.34. The topological polar surface area (TPSA) is 60.2 Å². The van der Waals surface area contributed by atoms with Crippen molar-refractivity contribution in [3.63, 3.8) is 0 Å². The van der Waals surface area contributed by atoms with E-state index in [1.165, 1.54) is 0 Å². The van der Waals surface area contributed by atoms with Gasteiger partial charge in [-0.1, -0.05) is 68.1 Å². The molecule has 2 aromatic carbocycles. The molecule has 0 heterocycles. The van der Waals surface area contributed by atoms with Gasteiger partial charge in [0.25, 0.3) is 0 Å². The normalized spacial score (nSPS) is 11.7. The molecule has 0 bridgehead atoms. The van der Waals surface area contributed by atoms with Gasteiger partial charge in [0.2, 0.25) is 5.91 Å². The molecule has 3 nitrogen and oxygen atoms in total. The van der Waals surface area contributed by atoms with E-state index in [0.717, 1.165) is 11.1 Å². The molecule has 0 aliphatic carbocycles. The van der Waals surface area contributed by atoms with Crippen LogP contribution in [0.4, 0.5) is 0 Å². The van der Waals surface area contributed by atoms with Crippen LogP contribution in [-0.2, 0) is 15.6 Å². The van der Waals surface area contributed by atoms with Gasteiger partial charge in [0, 0.05) is 10.8 Å². The molecule has 1 amide bonds. The first kappa shape index (κ1) is 16.1. The summed E-state index contributed by atoms with van der Waals surface area (Å²) in [6, 6.07) is 19.0. The maximum atomic E-state index is 12.4. The Balaban J connectivity index is 0.00000200. The van der Waals surface area contributed by atoms with Crippen LogP contribution in [0.25, 0.3) is 0 Å². The number of carbonyl (C=O) groups is 1. The molecule has 20 heavy (non-hydrogen) atoms. The molecule has 0 unspecified atom stereocenters. The van der Waals surface area contributed by atoms with E-state index in [1.807, 2.05) is 60.7 Å². The summed E-state index contributed by atoms with van der Waals surface area (Å²) in [5.41, 5.74) is 7.00. The lowest BCUT2D eigenvalue weighted by Gasteiger charge is -2.16. The van der Waals surface area contributed by atoms with Gasteiger partial charge in [0.15, 0.2) is 0 Å². The molecule has 0 aliphatic rings. The van der Waals surface area contributed by atoms with Gasteiger partial charge in [-0.3, -0.25) is 9.00 Å². The second kappa shape index (κ2) is 7.60. The maximum Gasteiger partial charge on any atom is 0.230 e. The van der Waals surface area contributed by atoms with Crippen LogP contribution in [0.1, 0.15) is 23.8 Å². The monoisotopic (exact) mass is 289 g/mol. The summed E-state index contributed by atoms with van der Waals surface area (Å²) in [5.74, 6) is -0.677. The Morgan fingerprint density at radius 1 is 0.950 bits per heavy atom. The third-order valence-corrected chi connectivity index (χ3v) is 4.39. The molecule has 0 spiro atoms. The number of hydrogen-bond acceptors (Lipinski definition) is 2. The van der Waals surface area contributed by atoms with Gasteiger partial charge in [-0.25, -0.2) is 0 Å². The Hall–Kier alpha value is -1.94. The van der Waals surface area contributed by atoms with Gasteiger partial charge in [0.1, 0.15) is 5.75 Å². The van der Waals surface area contributed by atoms with Crippen LogP contribution in [0.15, 0.2) is 60.7 Å². The zero-order chi connectivity index (χ0) is 13.7. The summed E-state index contributed by atoms with van der Waals surface area (Å²) in [6.07, 6.45) is 0. The van der Waals surface area contributed by atoms with Crippen LogP contribution in [0.2, 0.25) is 0 Å². The van der Waals surface area contributed by atoms with E-state index in [4.69, 9.17) is 5.73 Å². The van der Waals surface area contributed by atoms with E-state index in [-0.39, 0.29) is 18.4 Å². The van der Waals surface area contributed by atoms with E-state index >= 15 is 0 Å². The van der Waals surface area contributed by atoms with Gasteiger partial charge in [-0.05, 0) is 11.1 Å². The van der Waals surface area contributed by atoms with Crippen molar-refractivity contribution in [2.24, 2.45) is 5.73 Å². The van der Waals surface area contributed by atoms with Crippen LogP contribution in [-0.4, -0.2) is 15.9 Å². The zero-order valence-corrected chi connectivity index (χ0v) is 11.2. The average molecular weight is 289 g/mol. The Labute approximate surface area is 122 Å². The molecular formula is C16H19NO2S. The number of rotatable bonds is 5. The molecule has 0 aromatic heterocycles. The van der Waals surface area contributed by atoms with E-state index < -0.39 is 16.7 Å². The number of benzene rings is 2. The van der Waals surface area contributed by atoms with E-state index in [2.05, 4.69) is 0 Å². The van der Waals surface area contributed by atoms with Crippen LogP contribution < -0.4 is 5.73 Å². The van der Waals surface area contributed by atoms with Crippen molar-refractivity contribution >= 4 is 16.7 Å². The quantitative estimate of drug-likeness (QED) is 0.920. The fraction of sp³-hybridized carbons (Fsp3) is 0.188. The van der Waals surface area contributed by atoms with Gasteiger partial charge >= 0.3 is 0 Å². The molecule has 0 fully saturated rings. The largest absolute Gasteiger partial charge is 0.369 e. The number of primary amides is 1. The minimum absolute atomic E-state index is 0. The molecule has 2 aromatic rings. The van der Waals surface area contributed by atoms with Crippen molar-refractivity contribution in [3.05, 3.63) is 71.8 Å².